The average molecular weight is 369 g/mol. The molecule has 144 valence electrons. The summed E-state index contributed by atoms with van der Waals surface area (Å²) in [6, 6.07) is 14.8. The van der Waals surface area contributed by atoms with Gasteiger partial charge in [0.1, 0.15) is 5.82 Å². The fourth-order valence-corrected chi connectivity index (χ4v) is 3.44. The summed E-state index contributed by atoms with van der Waals surface area (Å²) in [5, 5.41) is 2.87. The van der Waals surface area contributed by atoms with Gasteiger partial charge in [0.2, 0.25) is 5.91 Å². The third-order valence-electron chi connectivity index (χ3n) is 5.35. The standard InChI is InChI=1S/C22H28FN3O/c1-17-8-9-20(23)16-21(17)24-22(27)18(2)26-14-12-25(13-15-26)11-10-19-6-4-3-5-7-19/h3-9,16,18H,10-15H2,1-2H3,(H,24,27). The number of hydrogen-bond acceptors (Lipinski definition) is 3. The molecular formula is C22H28FN3O. The average Bonchev–Trinajstić information content (AvgIpc) is 2.70. The van der Waals surface area contributed by atoms with Gasteiger partial charge in [-0.3, -0.25) is 9.69 Å². The van der Waals surface area contributed by atoms with Crippen molar-refractivity contribution in [1.29, 1.82) is 0 Å². The number of nitrogens with zero attached hydrogens (tertiary/aromatic N) is 2. The van der Waals surface area contributed by atoms with Crippen molar-refractivity contribution in [2.75, 3.05) is 38.0 Å². The van der Waals surface area contributed by atoms with Crippen LogP contribution in [0.2, 0.25) is 0 Å². The van der Waals surface area contributed by atoms with Gasteiger partial charge in [0, 0.05) is 38.4 Å². The van der Waals surface area contributed by atoms with Gasteiger partial charge in [-0.25, -0.2) is 4.39 Å². The number of carbonyl (C=O) groups excluding carboxylic acids is 1. The highest BCUT2D eigenvalue weighted by atomic mass is 19.1. The molecule has 1 unspecified atom stereocenters. The van der Waals surface area contributed by atoms with Crippen molar-refractivity contribution in [1.82, 2.24) is 9.80 Å². The molecule has 4 nitrogen and oxygen atoms in total. The lowest BCUT2D eigenvalue weighted by Crippen LogP contribution is -2.53. The van der Waals surface area contributed by atoms with Gasteiger partial charge in [0.25, 0.3) is 0 Å². The summed E-state index contributed by atoms with van der Waals surface area (Å²) < 4.78 is 13.4. The molecule has 0 radical (unpaired) electrons. The fourth-order valence-electron chi connectivity index (χ4n) is 3.44. The Labute approximate surface area is 161 Å². The lowest BCUT2D eigenvalue weighted by atomic mass is 10.1. The number of benzene rings is 2. The van der Waals surface area contributed by atoms with Crippen LogP contribution in [0.1, 0.15) is 18.1 Å². The summed E-state index contributed by atoms with van der Waals surface area (Å²) in [4.78, 5) is 17.2. The Balaban J connectivity index is 1.47. The van der Waals surface area contributed by atoms with Crippen LogP contribution in [0.25, 0.3) is 0 Å². The number of halogens is 1. The third-order valence-corrected chi connectivity index (χ3v) is 5.35. The van der Waals surface area contributed by atoms with Gasteiger partial charge >= 0.3 is 0 Å². The minimum Gasteiger partial charge on any atom is -0.324 e. The molecule has 0 saturated carbocycles. The van der Waals surface area contributed by atoms with Gasteiger partial charge in [-0.15, -0.1) is 0 Å². The largest absolute Gasteiger partial charge is 0.324 e. The summed E-state index contributed by atoms with van der Waals surface area (Å²) in [5.74, 6) is -0.419. The number of carbonyl (C=O) groups is 1. The lowest BCUT2D eigenvalue weighted by molar-refractivity contribution is -0.121. The molecule has 1 aliphatic heterocycles. The molecule has 1 saturated heterocycles. The maximum atomic E-state index is 13.4. The molecule has 2 aromatic carbocycles. The topological polar surface area (TPSA) is 35.6 Å². The van der Waals surface area contributed by atoms with E-state index in [1.807, 2.05) is 19.9 Å². The number of aryl methyl sites for hydroxylation is 1. The Morgan fingerprint density at radius 2 is 1.81 bits per heavy atom. The first-order valence-electron chi connectivity index (χ1n) is 9.60. The van der Waals surface area contributed by atoms with Crippen molar-refractivity contribution in [2.45, 2.75) is 26.3 Å². The smallest absolute Gasteiger partial charge is 0.241 e. The Morgan fingerprint density at radius 3 is 2.52 bits per heavy atom. The summed E-state index contributed by atoms with van der Waals surface area (Å²) in [7, 11) is 0. The van der Waals surface area contributed by atoms with Crippen LogP contribution >= 0.6 is 0 Å². The molecule has 0 bridgehead atoms. The summed E-state index contributed by atoms with van der Waals surface area (Å²) >= 11 is 0. The predicted molar refractivity (Wildman–Crippen MR) is 107 cm³/mol. The van der Waals surface area contributed by atoms with Gasteiger partial charge in [-0.05, 0) is 43.5 Å². The summed E-state index contributed by atoms with van der Waals surface area (Å²) in [6.07, 6.45) is 1.05. The monoisotopic (exact) mass is 369 g/mol. The van der Waals surface area contributed by atoms with Crippen LogP contribution in [0.5, 0.6) is 0 Å². The van der Waals surface area contributed by atoms with Gasteiger partial charge in [-0.2, -0.15) is 0 Å². The number of rotatable bonds is 6. The molecule has 27 heavy (non-hydrogen) atoms. The predicted octanol–water partition coefficient (Wildman–Crippen LogP) is 3.32. The maximum absolute atomic E-state index is 13.4. The quantitative estimate of drug-likeness (QED) is 0.848. The molecule has 3 rings (SSSR count). The number of nitrogens with one attached hydrogen (secondary N) is 1. The van der Waals surface area contributed by atoms with Crippen LogP contribution in [-0.4, -0.2) is 54.5 Å². The summed E-state index contributed by atoms with van der Waals surface area (Å²) in [5.41, 5.74) is 2.77. The maximum Gasteiger partial charge on any atom is 0.241 e. The number of hydrogen-bond donors (Lipinski definition) is 1. The number of amides is 1. The van der Waals surface area contributed by atoms with E-state index in [0.717, 1.165) is 44.7 Å². The second-order valence-corrected chi connectivity index (χ2v) is 7.24. The Bertz CT molecular complexity index is 757. The SMILES string of the molecule is Cc1ccc(F)cc1NC(=O)C(C)N1CCN(CCc2ccccc2)CC1. The van der Waals surface area contributed by atoms with Crippen LogP contribution < -0.4 is 5.32 Å². The highest BCUT2D eigenvalue weighted by Crippen LogP contribution is 2.17. The van der Waals surface area contributed by atoms with Gasteiger partial charge in [-0.1, -0.05) is 36.4 Å². The minimum absolute atomic E-state index is 0.0820. The van der Waals surface area contributed by atoms with Crippen molar-refractivity contribution >= 4 is 11.6 Å². The molecule has 0 aliphatic carbocycles. The van der Waals surface area contributed by atoms with Crippen molar-refractivity contribution in [3.05, 3.63) is 65.5 Å². The molecule has 0 spiro atoms. The van der Waals surface area contributed by atoms with Crippen LogP contribution in [0.3, 0.4) is 0 Å². The first-order valence-corrected chi connectivity index (χ1v) is 9.60. The Morgan fingerprint density at radius 1 is 1.11 bits per heavy atom. The van der Waals surface area contributed by atoms with E-state index in [1.165, 1.54) is 17.7 Å². The number of anilines is 1. The number of piperazine rings is 1. The van der Waals surface area contributed by atoms with E-state index >= 15 is 0 Å². The first-order chi connectivity index (χ1) is 13.0. The molecule has 1 N–H and O–H groups in total. The van der Waals surface area contributed by atoms with Gasteiger partial charge < -0.3 is 10.2 Å². The van der Waals surface area contributed by atoms with Gasteiger partial charge in [0.05, 0.1) is 6.04 Å². The second kappa shape index (κ2) is 9.11. The minimum atomic E-state index is -0.337. The van der Waals surface area contributed by atoms with Crippen molar-refractivity contribution in [3.63, 3.8) is 0 Å². The summed E-state index contributed by atoms with van der Waals surface area (Å²) in [6.45, 7) is 8.49. The third kappa shape index (κ3) is 5.37. The molecule has 1 atom stereocenters. The highest BCUT2D eigenvalue weighted by molar-refractivity contribution is 5.95. The van der Waals surface area contributed by atoms with E-state index < -0.39 is 0 Å². The molecular weight excluding hydrogens is 341 g/mol. The molecule has 1 amide bonds. The van der Waals surface area contributed by atoms with Crippen molar-refractivity contribution < 1.29 is 9.18 Å². The fraction of sp³-hybridized carbons (Fsp3) is 0.409. The highest BCUT2D eigenvalue weighted by Gasteiger charge is 2.25. The second-order valence-electron chi connectivity index (χ2n) is 7.24. The Hall–Kier alpha value is -2.24. The van der Waals surface area contributed by atoms with E-state index in [-0.39, 0.29) is 17.8 Å². The van der Waals surface area contributed by atoms with E-state index in [4.69, 9.17) is 0 Å². The molecule has 1 fully saturated rings. The van der Waals surface area contributed by atoms with Crippen LogP contribution in [0, 0.1) is 12.7 Å². The molecule has 1 aliphatic rings. The van der Waals surface area contributed by atoms with E-state index in [2.05, 4.69) is 39.4 Å². The van der Waals surface area contributed by atoms with Gasteiger partial charge in [0.15, 0.2) is 0 Å². The Kier molecular flexibility index (Phi) is 6.58. The van der Waals surface area contributed by atoms with Crippen molar-refractivity contribution in [2.24, 2.45) is 0 Å². The van der Waals surface area contributed by atoms with E-state index in [9.17, 15) is 9.18 Å². The molecule has 1 heterocycles. The molecule has 5 heteroatoms. The van der Waals surface area contributed by atoms with E-state index in [0.29, 0.717) is 5.69 Å². The zero-order valence-corrected chi connectivity index (χ0v) is 16.1. The lowest BCUT2D eigenvalue weighted by Gasteiger charge is -2.37. The molecule has 2 aromatic rings. The van der Waals surface area contributed by atoms with Crippen LogP contribution in [0.15, 0.2) is 48.5 Å². The van der Waals surface area contributed by atoms with Crippen molar-refractivity contribution in [3.8, 4) is 0 Å². The van der Waals surface area contributed by atoms with Crippen LogP contribution in [-0.2, 0) is 11.2 Å². The zero-order chi connectivity index (χ0) is 19.2. The normalized spacial score (nSPS) is 16.9. The first kappa shape index (κ1) is 19.5. The molecule has 0 aromatic heterocycles. The van der Waals surface area contributed by atoms with Crippen LogP contribution in [0.4, 0.5) is 10.1 Å². The van der Waals surface area contributed by atoms with E-state index in [1.54, 1.807) is 6.07 Å². The zero-order valence-electron chi connectivity index (χ0n) is 16.1.